The highest BCUT2D eigenvalue weighted by Crippen LogP contribution is 2.14. The fourth-order valence-corrected chi connectivity index (χ4v) is 1.42. The molecule has 0 saturated heterocycles. The molecule has 19 heavy (non-hydrogen) atoms. The van der Waals surface area contributed by atoms with Gasteiger partial charge in [-0.05, 0) is 38.5 Å². The van der Waals surface area contributed by atoms with Crippen LogP contribution in [0.3, 0.4) is 0 Å². The second-order valence-electron chi connectivity index (χ2n) is 4.21. The zero-order chi connectivity index (χ0) is 14.1. The van der Waals surface area contributed by atoms with E-state index in [4.69, 9.17) is 9.47 Å². The summed E-state index contributed by atoms with van der Waals surface area (Å²) in [7, 11) is 0. The molecule has 0 unspecified atom stereocenters. The summed E-state index contributed by atoms with van der Waals surface area (Å²) >= 11 is 0. The Balaban J connectivity index is 2.51. The van der Waals surface area contributed by atoms with Crippen molar-refractivity contribution in [3.63, 3.8) is 0 Å². The molecule has 0 aliphatic heterocycles. The van der Waals surface area contributed by atoms with Crippen LogP contribution in [0.5, 0.6) is 5.75 Å². The minimum atomic E-state index is -0.326. The molecular weight excluding hydrogens is 240 g/mol. The Kier molecular flexibility index (Phi) is 6.44. The van der Waals surface area contributed by atoms with Crippen molar-refractivity contribution in [3.8, 4) is 5.75 Å². The predicted octanol–water partition coefficient (Wildman–Crippen LogP) is 3.61. The molecule has 0 aromatic heterocycles. The molecule has 0 bridgehead atoms. The molecule has 0 aliphatic carbocycles. The number of hydrogen-bond donors (Lipinski definition) is 0. The number of esters is 1. The molecule has 0 fully saturated rings. The van der Waals surface area contributed by atoms with Crippen LogP contribution in [0.25, 0.3) is 6.08 Å². The van der Waals surface area contributed by atoms with Crippen molar-refractivity contribution in [2.24, 2.45) is 0 Å². The molecule has 1 aromatic rings. The lowest BCUT2D eigenvalue weighted by molar-refractivity contribution is -0.137. The Morgan fingerprint density at radius 1 is 1.21 bits per heavy atom. The number of allylic oxidation sites excluding steroid dienone is 2. The normalized spacial score (nSPS) is 11.4. The summed E-state index contributed by atoms with van der Waals surface area (Å²) in [6, 6.07) is 7.78. The molecule has 0 amide bonds. The molecule has 3 heteroatoms. The van der Waals surface area contributed by atoms with Gasteiger partial charge in [0.1, 0.15) is 5.75 Å². The van der Waals surface area contributed by atoms with Gasteiger partial charge in [0.2, 0.25) is 0 Å². The van der Waals surface area contributed by atoms with E-state index in [0.29, 0.717) is 6.61 Å². The first kappa shape index (κ1) is 15.0. The summed E-state index contributed by atoms with van der Waals surface area (Å²) < 4.78 is 10.3. The molecule has 1 aromatic carbocycles. The lowest BCUT2D eigenvalue weighted by Gasteiger charge is -2.09. The van der Waals surface area contributed by atoms with Crippen molar-refractivity contribution >= 4 is 12.0 Å². The van der Waals surface area contributed by atoms with Gasteiger partial charge in [-0.25, -0.2) is 4.79 Å². The van der Waals surface area contributed by atoms with Crippen molar-refractivity contribution in [2.75, 3.05) is 6.61 Å². The number of rotatable bonds is 6. The van der Waals surface area contributed by atoms with Gasteiger partial charge in [0, 0.05) is 6.08 Å². The zero-order valence-corrected chi connectivity index (χ0v) is 11.6. The number of ether oxygens (including phenoxy) is 2. The highest BCUT2D eigenvalue weighted by Gasteiger charge is 1.96. The van der Waals surface area contributed by atoms with Crippen LogP contribution in [-0.2, 0) is 9.53 Å². The highest BCUT2D eigenvalue weighted by atomic mass is 16.5. The SMILES string of the molecule is CCOC(=O)C=CC=Cc1ccc(OC(C)C)cc1. The summed E-state index contributed by atoms with van der Waals surface area (Å²) in [4.78, 5) is 11.0. The number of carbonyl (C=O) groups excluding carboxylic acids is 1. The van der Waals surface area contributed by atoms with Crippen LogP contribution in [0.15, 0.2) is 42.5 Å². The van der Waals surface area contributed by atoms with Crippen LogP contribution in [-0.4, -0.2) is 18.7 Å². The Bertz CT molecular complexity index is 442. The van der Waals surface area contributed by atoms with Crippen LogP contribution in [0, 0.1) is 0 Å². The maximum absolute atomic E-state index is 11.0. The molecular formula is C16H20O3. The Hall–Kier alpha value is -2.03. The zero-order valence-electron chi connectivity index (χ0n) is 11.6. The third kappa shape index (κ3) is 6.46. The van der Waals surface area contributed by atoms with E-state index >= 15 is 0 Å². The van der Waals surface area contributed by atoms with E-state index < -0.39 is 0 Å². The van der Waals surface area contributed by atoms with Crippen LogP contribution in [0.4, 0.5) is 0 Å². The van der Waals surface area contributed by atoms with Gasteiger partial charge in [0.05, 0.1) is 12.7 Å². The first-order valence-corrected chi connectivity index (χ1v) is 6.40. The highest BCUT2D eigenvalue weighted by molar-refractivity contribution is 5.82. The average molecular weight is 260 g/mol. The largest absolute Gasteiger partial charge is 0.491 e. The summed E-state index contributed by atoms with van der Waals surface area (Å²) in [6.07, 6.45) is 6.95. The van der Waals surface area contributed by atoms with Gasteiger partial charge in [0.15, 0.2) is 0 Å². The van der Waals surface area contributed by atoms with Crippen molar-refractivity contribution < 1.29 is 14.3 Å². The minimum Gasteiger partial charge on any atom is -0.491 e. The summed E-state index contributed by atoms with van der Waals surface area (Å²) in [5, 5.41) is 0. The lowest BCUT2D eigenvalue weighted by Crippen LogP contribution is -2.05. The second-order valence-corrected chi connectivity index (χ2v) is 4.21. The fraction of sp³-hybridized carbons (Fsp3) is 0.312. The number of carbonyl (C=O) groups is 1. The van der Waals surface area contributed by atoms with Gasteiger partial charge in [-0.2, -0.15) is 0 Å². The quantitative estimate of drug-likeness (QED) is 0.445. The molecule has 1 rings (SSSR count). The Morgan fingerprint density at radius 2 is 1.89 bits per heavy atom. The standard InChI is InChI=1S/C16H20O3/c1-4-18-16(17)8-6-5-7-14-9-11-15(12-10-14)19-13(2)3/h5-13H,4H2,1-3H3. The van der Waals surface area contributed by atoms with E-state index in [2.05, 4.69) is 0 Å². The molecule has 0 saturated carbocycles. The van der Waals surface area contributed by atoms with E-state index in [9.17, 15) is 4.79 Å². The van der Waals surface area contributed by atoms with Gasteiger partial charge in [-0.3, -0.25) is 0 Å². The third-order valence-corrected chi connectivity index (χ3v) is 2.17. The summed E-state index contributed by atoms with van der Waals surface area (Å²) in [5.74, 6) is 0.530. The first-order valence-electron chi connectivity index (χ1n) is 6.40. The topological polar surface area (TPSA) is 35.5 Å². The number of hydrogen-bond acceptors (Lipinski definition) is 3. The monoisotopic (exact) mass is 260 g/mol. The number of benzene rings is 1. The van der Waals surface area contributed by atoms with Crippen molar-refractivity contribution in [1.82, 2.24) is 0 Å². The predicted molar refractivity (Wildman–Crippen MR) is 77.0 cm³/mol. The van der Waals surface area contributed by atoms with Crippen LogP contribution in [0.1, 0.15) is 26.3 Å². The molecule has 3 nitrogen and oxygen atoms in total. The molecule has 0 N–H and O–H groups in total. The maximum Gasteiger partial charge on any atom is 0.330 e. The van der Waals surface area contributed by atoms with Crippen molar-refractivity contribution in [1.29, 1.82) is 0 Å². The summed E-state index contributed by atoms with van der Waals surface area (Å²) in [5.41, 5.74) is 1.05. The van der Waals surface area contributed by atoms with Gasteiger partial charge < -0.3 is 9.47 Å². The second kappa shape index (κ2) is 8.14. The fourth-order valence-electron chi connectivity index (χ4n) is 1.42. The molecule has 102 valence electrons. The molecule has 0 radical (unpaired) electrons. The lowest BCUT2D eigenvalue weighted by atomic mass is 10.2. The van der Waals surface area contributed by atoms with E-state index in [0.717, 1.165) is 11.3 Å². The molecule has 0 spiro atoms. The van der Waals surface area contributed by atoms with Crippen molar-refractivity contribution in [2.45, 2.75) is 26.9 Å². The summed E-state index contributed by atoms with van der Waals surface area (Å²) in [6.45, 7) is 6.16. The van der Waals surface area contributed by atoms with E-state index in [1.165, 1.54) is 6.08 Å². The van der Waals surface area contributed by atoms with Gasteiger partial charge in [-0.15, -0.1) is 0 Å². The molecule has 0 atom stereocenters. The minimum absolute atomic E-state index is 0.175. The van der Waals surface area contributed by atoms with Crippen LogP contribution >= 0.6 is 0 Å². The van der Waals surface area contributed by atoms with Gasteiger partial charge in [0.25, 0.3) is 0 Å². The van der Waals surface area contributed by atoms with E-state index in [1.54, 1.807) is 19.1 Å². The van der Waals surface area contributed by atoms with E-state index in [1.807, 2.05) is 44.2 Å². The van der Waals surface area contributed by atoms with Crippen molar-refractivity contribution in [3.05, 3.63) is 48.1 Å². The first-order chi connectivity index (χ1) is 9.11. The Morgan fingerprint density at radius 3 is 2.47 bits per heavy atom. The Labute approximate surface area is 114 Å². The van der Waals surface area contributed by atoms with Crippen LogP contribution in [0.2, 0.25) is 0 Å². The van der Waals surface area contributed by atoms with E-state index in [-0.39, 0.29) is 12.1 Å². The smallest absolute Gasteiger partial charge is 0.330 e. The van der Waals surface area contributed by atoms with Gasteiger partial charge >= 0.3 is 5.97 Å². The molecule has 0 heterocycles. The average Bonchev–Trinajstić information content (AvgIpc) is 2.36. The third-order valence-electron chi connectivity index (χ3n) is 2.17. The molecule has 0 aliphatic rings. The maximum atomic E-state index is 11.0. The van der Waals surface area contributed by atoms with Gasteiger partial charge in [-0.1, -0.05) is 30.4 Å². The van der Waals surface area contributed by atoms with Crippen LogP contribution < -0.4 is 4.74 Å².